The summed E-state index contributed by atoms with van der Waals surface area (Å²) in [7, 11) is -1.01. The number of alkyl halides is 2. The lowest BCUT2D eigenvalue weighted by atomic mass is 9.74. The van der Waals surface area contributed by atoms with E-state index < -0.39 is 41.3 Å². The molecule has 0 aromatic heterocycles. The Hall–Kier alpha value is -0.485. The minimum absolute atomic E-state index is 0.0431. The maximum absolute atomic E-state index is 14.8. The lowest BCUT2D eigenvalue weighted by Gasteiger charge is -2.32. The fourth-order valence-corrected chi connectivity index (χ4v) is 4.59. The molecule has 1 saturated heterocycles. The highest BCUT2D eigenvalue weighted by Gasteiger charge is 2.80. The zero-order valence-electron chi connectivity index (χ0n) is 15.5. The minimum Gasteiger partial charge on any atom is -0.398 e. The van der Waals surface area contributed by atoms with Gasteiger partial charge in [0.15, 0.2) is 0 Å². The van der Waals surface area contributed by atoms with Gasteiger partial charge in [0, 0.05) is 11.3 Å². The van der Waals surface area contributed by atoms with Crippen molar-refractivity contribution in [2.75, 3.05) is 0 Å². The van der Waals surface area contributed by atoms with Gasteiger partial charge in [-0.2, -0.15) is 0 Å². The van der Waals surface area contributed by atoms with Gasteiger partial charge in [-0.05, 0) is 64.9 Å². The summed E-state index contributed by atoms with van der Waals surface area (Å²) in [4.78, 5) is 0. The van der Waals surface area contributed by atoms with Gasteiger partial charge >= 0.3 is 7.12 Å². The van der Waals surface area contributed by atoms with Gasteiger partial charge < -0.3 is 9.31 Å². The van der Waals surface area contributed by atoms with Crippen LogP contribution in [0.5, 0.6) is 0 Å². The van der Waals surface area contributed by atoms with E-state index in [1.165, 1.54) is 0 Å². The van der Waals surface area contributed by atoms with E-state index in [0.29, 0.717) is 31.3 Å². The molecule has 3 fully saturated rings. The van der Waals surface area contributed by atoms with Gasteiger partial charge in [-0.25, -0.2) is 13.2 Å². The Kier molecular flexibility index (Phi) is 4.01. The van der Waals surface area contributed by atoms with E-state index in [9.17, 15) is 13.2 Å². The molecule has 2 nitrogen and oxygen atoms in total. The highest BCUT2D eigenvalue weighted by molar-refractivity contribution is 6.53. The van der Waals surface area contributed by atoms with Crippen LogP contribution >= 0.6 is 0 Å². The van der Waals surface area contributed by atoms with Crippen molar-refractivity contribution in [2.24, 2.45) is 17.3 Å². The van der Waals surface area contributed by atoms with Crippen molar-refractivity contribution in [3.63, 3.8) is 0 Å². The Bertz CT molecular complexity index is 543. The molecule has 136 valence electrons. The maximum atomic E-state index is 14.8. The molecular weight excluding hydrogens is 316 g/mol. The minimum atomic E-state index is -2.60. The highest BCUT2D eigenvalue weighted by atomic mass is 19.3. The first-order valence-electron chi connectivity index (χ1n) is 8.96. The molecule has 1 unspecified atom stereocenters. The van der Waals surface area contributed by atoms with Crippen molar-refractivity contribution in [3.8, 4) is 0 Å². The van der Waals surface area contributed by atoms with Crippen molar-refractivity contribution in [1.82, 2.24) is 0 Å². The summed E-state index contributed by atoms with van der Waals surface area (Å²) in [6.07, 6.45) is 1.44. The van der Waals surface area contributed by atoms with Gasteiger partial charge in [-0.3, -0.25) is 0 Å². The van der Waals surface area contributed by atoms with Crippen LogP contribution in [0.3, 0.4) is 0 Å². The molecule has 0 N–H and O–H groups in total. The Morgan fingerprint density at radius 3 is 1.88 bits per heavy atom. The normalized spacial score (nSPS) is 36.5. The first-order chi connectivity index (χ1) is 10.9. The average Bonchev–Trinajstić information content (AvgIpc) is 2.81. The first kappa shape index (κ1) is 18.3. The molecule has 0 aromatic rings. The smallest absolute Gasteiger partial charge is 0.398 e. The topological polar surface area (TPSA) is 18.5 Å². The quantitative estimate of drug-likeness (QED) is 0.631. The van der Waals surface area contributed by atoms with Crippen LogP contribution in [0.15, 0.2) is 11.3 Å². The van der Waals surface area contributed by atoms with Gasteiger partial charge in [0.1, 0.15) is 5.73 Å². The SMILES string of the molecule is CC(C)C1C(F)(F)C12CCC(=C(F)B1OC(C)(C)C(C)(C)O1)CC2. The molecule has 1 spiro atoms. The summed E-state index contributed by atoms with van der Waals surface area (Å²) in [6, 6.07) is 0. The summed E-state index contributed by atoms with van der Waals surface area (Å²) in [6.45, 7) is 11.2. The third kappa shape index (κ3) is 2.39. The van der Waals surface area contributed by atoms with Crippen molar-refractivity contribution in [3.05, 3.63) is 11.3 Å². The van der Waals surface area contributed by atoms with Crippen LogP contribution in [0, 0.1) is 17.3 Å². The summed E-state index contributed by atoms with van der Waals surface area (Å²) < 4.78 is 54.9. The Labute approximate surface area is 143 Å². The number of allylic oxidation sites excluding steroid dienone is 1. The molecule has 0 radical (unpaired) electrons. The molecule has 0 aromatic carbocycles. The van der Waals surface area contributed by atoms with Crippen molar-refractivity contribution >= 4 is 7.12 Å². The van der Waals surface area contributed by atoms with Crippen LogP contribution < -0.4 is 0 Å². The van der Waals surface area contributed by atoms with Crippen molar-refractivity contribution < 1.29 is 22.5 Å². The standard InChI is InChI=1S/C18H28BF3O2/c1-11(2)13-17(18(13,21)22)9-7-12(8-10-17)14(20)19-23-15(3,4)16(5,6)24-19/h11,13H,7-10H2,1-6H3. The number of hydrogen-bond donors (Lipinski definition) is 0. The van der Waals surface area contributed by atoms with Crippen molar-refractivity contribution in [2.45, 2.75) is 84.4 Å². The highest BCUT2D eigenvalue weighted by Crippen LogP contribution is 2.74. The summed E-state index contributed by atoms with van der Waals surface area (Å²) in [5.74, 6) is -3.21. The Balaban J connectivity index is 1.72. The number of halogens is 3. The average molecular weight is 344 g/mol. The fourth-order valence-electron chi connectivity index (χ4n) is 4.59. The van der Waals surface area contributed by atoms with Gasteiger partial charge in [-0.15, -0.1) is 0 Å². The molecule has 1 atom stereocenters. The van der Waals surface area contributed by atoms with Gasteiger partial charge in [0.05, 0.1) is 11.2 Å². The second-order valence-electron chi connectivity index (χ2n) is 9.04. The predicted octanol–water partition coefficient (Wildman–Crippen LogP) is 5.32. The Morgan fingerprint density at radius 2 is 1.50 bits per heavy atom. The first-order valence-corrected chi connectivity index (χ1v) is 8.96. The zero-order valence-corrected chi connectivity index (χ0v) is 15.5. The fraction of sp³-hybridized carbons (Fsp3) is 0.889. The molecule has 3 rings (SSSR count). The third-order valence-electron chi connectivity index (χ3n) is 6.78. The van der Waals surface area contributed by atoms with E-state index in [2.05, 4.69) is 0 Å². The van der Waals surface area contributed by atoms with Crippen molar-refractivity contribution in [1.29, 1.82) is 0 Å². The molecule has 0 amide bonds. The Morgan fingerprint density at radius 1 is 1.04 bits per heavy atom. The van der Waals surface area contributed by atoms with E-state index >= 15 is 0 Å². The molecule has 2 aliphatic carbocycles. The van der Waals surface area contributed by atoms with Gasteiger partial charge in [0.2, 0.25) is 0 Å². The van der Waals surface area contributed by atoms with E-state index in [-0.39, 0.29) is 5.92 Å². The third-order valence-corrected chi connectivity index (χ3v) is 6.78. The molecule has 2 saturated carbocycles. The van der Waals surface area contributed by atoms with E-state index in [1.54, 1.807) is 0 Å². The maximum Gasteiger partial charge on any atom is 0.525 e. The predicted molar refractivity (Wildman–Crippen MR) is 88.4 cm³/mol. The van der Waals surface area contributed by atoms with Gasteiger partial charge in [0.25, 0.3) is 5.92 Å². The van der Waals surface area contributed by atoms with Crippen LogP contribution in [-0.2, 0) is 9.31 Å². The zero-order chi connectivity index (χ0) is 18.1. The van der Waals surface area contributed by atoms with Crippen LogP contribution in [0.4, 0.5) is 13.2 Å². The summed E-state index contributed by atoms with van der Waals surface area (Å²) in [5.41, 5.74) is -1.94. The van der Waals surface area contributed by atoms with E-state index in [0.717, 1.165) is 0 Å². The van der Waals surface area contributed by atoms with Crippen LogP contribution in [0.1, 0.15) is 67.2 Å². The van der Waals surface area contributed by atoms with Crippen LogP contribution in [0.25, 0.3) is 0 Å². The molecule has 24 heavy (non-hydrogen) atoms. The number of rotatable bonds is 2. The molecule has 1 heterocycles. The summed E-state index contributed by atoms with van der Waals surface area (Å²) >= 11 is 0. The second kappa shape index (κ2) is 5.26. The lowest BCUT2D eigenvalue weighted by molar-refractivity contribution is 0.00578. The second-order valence-corrected chi connectivity index (χ2v) is 9.04. The summed E-state index contributed by atoms with van der Waals surface area (Å²) in [5, 5.41) is 0. The van der Waals surface area contributed by atoms with E-state index in [4.69, 9.17) is 9.31 Å². The van der Waals surface area contributed by atoms with Gasteiger partial charge in [-0.1, -0.05) is 13.8 Å². The van der Waals surface area contributed by atoms with E-state index in [1.807, 2.05) is 41.5 Å². The molecule has 1 aliphatic heterocycles. The number of hydrogen-bond acceptors (Lipinski definition) is 2. The lowest BCUT2D eigenvalue weighted by Crippen LogP contribution is -2.41. The van der Waals surface area contributed by atoms with Crippen LogP contribution in [0.2, 0.25) is 0 Å². The molecule has 6 heteroatoms. The molecular formula is C18H28BF3O2. The molecule has 3 aliphatic rings. The monoisotopic (exact) mass is 344 g/mol. The van der Waals surface area contributed by atoms with Crippen LogP contribution in [-0.4, -0.2) is 24.2 Å². The largest absolute Gasteiger partial charge is 0.525 e. The molecule has 0 bridgehead atoms.